The van der Waals surface area contributed by atoms with Gasteiger partial charge in [-0.05, 0) is 40.5 Å². The van der Waals surface area contributed by atoms with Crippen LogP contribution in [0.5, 0.6) is 0 Å². The molecular formula is C15H26N6O2. The van der Waals surface area contributed by atoms with E-state index in [-0.39, 0.29) is 11.4 Å². The summed E-state index contributed by atoms with van der Waals surface area (Å²) in [7, 11) is 0. The molecule has 0 radical (unpaired) electrons. The van der Waals surface area contributed by atoms with Crippen molar-refractivity contribution < 1.29 is 9.59 Å². The Morgan fingerprint density at radius 1 is 1.26 bits per heavy atom. The van der Waals surface area contributed by atoms with Crippen LogP contribution in [0, 0.1) is 0 Å². The molecule has 0 spiro atoms. The van der Waals surface area contributed by atoms with E-state index in [4.69, 9.17) is 0 Å². The van der Waals surface area contributed by atoms with Crippen molar-refractivity contribution in [3.8, 4) is 0 Å². The van der Waals surface area contributed by atoms with E-state index in [1.54, 1.807) is 6.92 Å². The number of imide groups is 1. The molecule has 0 fully saturated rings. The third-order valence-corrected chi connectivity index (χ3v) is 3.62. The number of fused-ring (bicyclic) bond motifs is 1. The Hall–Kier alpha value is -1.96. The molecule has 8 nitrogen and oxygen atoms in total. The van der Waals surface area contributed by atoms with Gasteiger partial charge in [-0.3, -0.25) is 15.4 Å². The third kappa shape index (κ3) is 5.02. The number of nitrogens with one attached hydrogen (secondary N) is 3. The Labute approximate surface area is 136 Å². The van der Waals surface area contributed by atoms with Crippen LogP contribution >= 0.6 is 0 Å². The lowest BCUT2D eigenvalue weighted by atomic mass is 10.1. The molecule has 0 aliphatic carbocycles. The molecule has 23 heavy (non-hydrogen) atoms. The zero-order valence-electron chi connectivity index (χ0n) is 14.3. The summed E-state index contributed by atoms with van der Waals surface area (Å²) >= 11 is 0. The highest BCUT2D eigenvalue weighted by atomic mass is 16.2. The van der Waals surface area contributed by atoms with Gasteiger partial charge in [0.1, 0.15) is 11.6 Å². The molecule has 2 heterocycles. The van der Waals surface area contributed by atoms with Crippen LogP contribution in [0.1, 0.15) is 52.2 Å². The molecule has 0 unspecified atom stereocenters. The smallest absolute Gasteiger partial charge is 0.321 e. The van der Waals surface area contributed by atoms with E-state index in [1.165, 1.54) is 0 Å². The summed E-state index contributed by atoms with van der Waals surface area (Å²) in [5.41, 5.74) is -0.387. The summed E-state index contributed by atoms with van der Waals surface area (Å²) in [5, 5.41) is 16.5. The SMILES string of the molecule is C[C@H](NCc1nnc2n1CCCC2)C(=O)NC(=O)NC(C)(C)C. The third-order valence-electron chi connectivity index (χ3n) is 3.62. The second-order valence-electron chi connectivity index (χ2n) is 6.94. The van der Waals surface area contributed by atoms with Crippen molar-refractivity contribution in [3.05, 3.63) is 11.6 Å². The van der Waals surface area contributed by atoms with Crippen LogP contribution in [0.4, 0.5) is 4.79 Å². The molecule has 128 valence electrons. The minimum absolute atomic E-state index is 0.370. The lowest BCUT2D eigenvalue weighted by Gasteiger charge is -2.21. The quantitative estimate of drug-likeness (QED) is 0.758. The molecule has 2 rings (SSSR count). The van der Waals surface area contributed by atoms with E-state index in [1.807, 2.05) is 20.8 Å². The second kappa shape index (κ2) is 7.08. The number of amides is 3. The first-order valence-corrected chi connectivity index (χ1v) is 8.03. The highest BCUT2D eigenvalue weighted by Crippen LogP contribution is 2.14. The molecule has 1 atom stereocenters. The van der Waals surface area contributed by atoms with Crippen LogP contribution < -0.4 is 16.0 Å². The van der Waals surface area contributed by atoms with E-state index in [9.17, 15) is 9.59 Å². The maximum absolute atomic E-state index is 12.0. The van der Waals surface area contributed by atoms with Crippen molar-refractivity contribution in [2.24, 2.45) is 0 Å². The molecule has 8 heteroatoms. The normalized spacial score (nSPS) is 15.7. The highest BCUT2D eigenvalue weighted by molar-refractivity contribution is 5.96. The average molecular weight is 322 g/mol. The van der Waals surface area contributed by atoms with Crippen LogP contribution in [0.3, 0.4) is 0 Å². The van der Waals surface area contributed by atoms with Crippen molar-refractivity contribution in [1.29, 1.82) is 0 Å². The van der Waals surface area contributed by atoms with Gasteiger partial charge in [-0.15, -0.1) is 10.2 Å². The van der Waals surface area contributed by atoms with Crippen molar-refractivity contribution >= 4 is 11.9 Å². The van der Waals surface area contributed by atoms with Crippen LogP contribution in [0.2, 0.25) is 0 Å². The molecule has 3 N–H and O–H groups in total. The number of carbonyl (C=O) groups excluding carboxylic acids is 2. The van der Waals surface area contributed by atoms with Gasteiger partial charge in [0, 0.05) is 18.5 Å². The molecule has 0 aromatic carbocycles. The fourth-order valence-electron chi connectivity index (χ4n) is 2.43. The first-order chi connectivity index (χ1) is 10.8. The van der Waals surface area contributed by atoms with Gasteiger partial charge in [-0.2, -0.15) is 0 Å². The van der Waals surface area contributed by atoms with Crippen molar-refractivity contribution in [1.82, 2.24) is 30.7 Å². The number of aryl methyl sites for hydroxylation is 1. The summed E-state index contributed by atoms with van der Waals surface area (Å²) in [4.78, 5) is 23.7. The number of urea groups is 1. The van der Waals surface area contributed by atoms with Gasteiger partial charge in [0.2, 0.25) is 5.91 Å². The number of hydrogen-bond acceptors (Lipinski definition) is 5. The highest BCUT2D eigenvalue weighted by Gasteiger charge is 2.20. The Morgan fingerprint density at radius 3 is 2.70 bits per heavy atom. The molecule has 1 aromatic rings. The summed E-state index contributed by atoms with van der Waals surface area (Å²) < 4.78 is 2.10. The van der Waals surface area contributed by atoms with Gasteiger partial charge in [0.25, 0.3) is 0 Å². The van der Waals surface area contributed by atoms with Crippen molar-refractivity contribution in [3.63, 3.8) is 0 Å². The fraction of sp³-hybridized carbons (Fsp3) is 0.733. The zero-order valence-corrected chi connectivity index (χ0v) is 14.3. The predicted molar refractivity (Wildman–Crippen MR) is 85.7 cm³/mol. The number of nitrogens with zero attached hydrogens (tertiary/aromatic N) is 3. The summed E-state index contributed by atoms with van der Waals surface area (Å²) in [5.74, 6) is 1.47. The standard InChI is InChI=1S/C15H26N6O2/c1-10(13(22)17-14(23)18-15(2,3)4)16-9-12-20-19-11-7-5-6-8-21(11)12/h10,16H,5-9H2,1-4H3,(H2,17,18,22,23)/t10-/m0/s1. The van der Waals surface area contributed by atoms with Crippen LogP contribution in [-0.4, -0.2) is 38.3 Å². The number of aromatic nitrogens is 3. The minimum Gasteiger partial charge on any atom is -0.333 e. The molecule has 1 aromatic heterocycles. The second-order valence-corrected chi connectivity index (χ2v) is 6.94. The first-order valence-electron chi connectivity index (χ1n) is 8.03. The topological polar surface area (TPSA) is 101 Å². The molecule has 0 saturated heterocycles. The summed E-state index contributed by atoms with van der Waals surface area (Å²) in [6.45, 7) is 8.65. The van der Waals surface area contributed by atoms with Gasteiger partial charge < -0.3 is 9.88 Å². The van der Waals surface area contributed by atoms with Crippen LogP contribution in [-0.2, 0) is 24.3 Å². The van der Waals surface area contributed by atoms with E-state index in [0.29, 0.717) is 6.54 Å². The monoisotopic (exact) mass is 322 g/mol. The molecule has 1 aliphatic rings. The molecular weight excluding hydrogens is 296 g/mol. The van der Waals surface area contributed by atoms with Crippen LogP contribution in [0.15, 0.2) is 0 Å². The summed E-state index contributed by atoms with van der Waals surface area (Å²) in [6, 6.07) is -0.992. The number of hydrogen-bond donors (Lipinski definition) is 3. The van der Waals surface area contributed by atoms with E-state index >= 15 is 0 Å². The maximum Gasteiger partial charge on any atom is 0.321 e. The predicted octanol–water partition coefficient (Wildman–Crippen LogP) is 0.717. The van der Waals surface area contributed by atoms with E-state index in [0.717, 1.165) is 37.5 Å². The van der Waals surface area contributed by atoms with Crippen molar-refractivity contribution in [2.75, 3.05) is 0 Å². The van der Waals surface area contributed by atoms with E-state index < -0.39 is 12.1 Å². The maximum atomic E-state index is 12.0. The Kier molecular flexibility index (Phi) is 5.35. The van der Waals surface area contributed by atoms with Gasteiger partial charge in [-0.1, -0.05) is 0 Å². The molecule has 3 amide bonds. The largest absolute Gasteiger partial charge is 0.333 e. The van der Waals surface area contributed by atoms with Gasteiger partial charge in [0.05, 0.1) is 12.6 Å². The Morgan fingerprint density at radius 2 is 2.00 bits per heavy atom. The lowest BCUT2D eigenvalue weighted by Crippen LogP contribution is -2.52. The van der Waals surface area contributed by atoms with Crippen LogP contribution in [0.25, 0.3) is 0 Å². The fourth-order valence-corrected chi connectivity index (χ4v) is 2.43. The van der Waals surface area contributed by atoms with Gasteiger partial charge in [0.15, 0.2) is 0 Å². The molecule has 0 bridgehead atoms. The first kappa shape index (κ1) is 17.4. The van der Waals surface area contributed by atoms with Crippen molar-refractivity contribution in [2.45, 2.75) is 71.6 Å². The number of rotatable bonds is 4. The van der Waals surface area contributed by atoms with E-state index in [2.05, 4.69) is 30.7 Å². The molecule has 0 saturated carbocycles. The Balaban J connectivity index is 1.82. The average Bonchev–Trinajstić information content (AvgIpc) is 2.85. The molecule has 1 aliphatic heterocycles. The zero-order chi connectivity index (χ0) is 17.0. The minimum atomic E-state index is -0.503. The lowest BCUT2D eigenvalue weighted by molar-refractivity contribution is -0.121. The van der Waals surface area contributed by atoms with Gasteiger partial charge in [-0.25, -0.2) is 4.79 Å². The number of carbonyl (C=O) groups is 2. The van der Waals surface area contributed by atoms with Gasteiger partial charge >= 0.3 is 6.03 Å². The summed E-state index contributed by atoms with van der Waals surface area (Å²) in [6.07, 6.45) is 3.23. The Bertz CT molecular complexity index is 575.